The second-order valence-corrected chi connectivity index (χ2v) is 17.2. The fourth-order valence-electron chi connectivity index (χ4n) is 5.92. The van der Waals surface area contributed by atoms with Crippen molar-refractivity contribution in [2.45, 2.75) is 38.5 Å². The fourth-order valence-corrected chi connectivity index (χ4v) is 11.2. The van der Waals surface area contributed by atoms with E-state index in [2.05, 4.69) is 169 Å². The number of halogens is 7. The number of aryl methyl sites for hydroxylation is 2. The number of hydrogen-bond donors (Lipinski definition) is 0. The number of hydrogen-bond acceptors (Lipinski definition) is 0. The summed E-state index contributed by atoms with van der Waals surface area (Å²) >= 11 is 4.56. The van der Waals surface area contributed by atoms with Gasteiger partial charge in [0.15, 0.2) is 0 Å². The van der Waals surface area contributed by atoms with Crippen LogP contribution in [0.2, 0.25) is 0 Å². The predicted octanol–water partition coefficient (Wildman–Crippen LogP) is 11.6. The summed E-state index contributed by atoms with van der Waals surface area (Å²) in [5, 5.41) is 5.84. The van der Waals surface area contributed by atoms with Crippen molar-refractivity contribution in [2.75, 3.05) is 0 Å². The predicted molar refractivity (Wildman–Crippen MR) is 218 cm³/mol. The van der Waals surface area contributed by atoms with Crippen molar-refractivity contribution in [3.63, 3.8) is 0 Å². The Morgan fingerprint density at radius 3 is 1.06 bits per heavy atom. The molecule has 0 atom stereocenters. The molecule has 53 heavy (non-hydrogen) atoms. The molecule has 0 unspecified atom stereocenters. The first-order chi connectivity index (χ1) is 25.3. The average molecular weight is 961 g/mol. The van der Waals surface area contributed by atoms with E-state index in [0.29, 0.717) is 12.1 Å². The maximum absolute atomic E-state index is 12.1. The molecule has 0 aromatic heterocycles. The van der Waals surface area contributed by atoms with Crippen LogP contribution in [0.15, 0.2) is 146 Å². The summed E-state index contributed by atoms with van der Waals surface area (Å²) in [5.74, 6) is 0. The van der Waals surface area contributed by atoms with Crippen molar-refractivity contribution in [2.24, 2.45) is 0 Å². The molecule has 6 aromatic rings. The normalized spacial score (nSPS) is 11.4. The zero-order valence-electron chi connectivity index (χ0n) is 29.0. The molecule has 0 spiro atoms. The summed E-state index contributed by atoms with van der Waals surface area (Å²) in [6, 6.07) is 51.9. The minimum absolute atomic E-state index is 0.0642. The SMILES string of the molecule is Cc1cc(C)c(C[PH+](c2ccccc2)c2ccccc2)[c-]c1C[PH+](c1ccccc1)c1ccccc1.[CH2-]c1cc(C(F)(F)F)cc(C(F)(F)F)c1.[Rh+2][I]. The van der Waals surface area contributed by atoms with E-state index in [9.17, 15) is 26.3 Å². The van der Waals surface area contributed by atoms with Crippen LogP contribution in [-0.2, 0) is 39.5 Å². The van der Waals surface area contributed by atoms with Crippen LogP contribution < -0.4 is 21.2 Å². The Morgan fingerprint density at radius 1 is 0.509 bits per heavy atom. The van der Waals surface area contributed by atoms with Crippen molar-refractivity contribution in [3.05, 3.63) is 198 Å². The van der Waals surface area contributed by atoms with Crippen LogP contribution >= 0.6 is 35.6 Å². The number of alkyl halides is 6. The first kappa shape index (κ1) is 42.7. The van der Waals surface area contributed by atoms with E-state index < -0.39 is 39.3 Å². The molecule has 0 aliphatic heterocycles. The number of rotatable bonds is 8. The summed E-state index contributed by atoms with van der Waals surface area (Å²) < 4.78 is 72.8. The second kappa shape index (κ2) is 20.1. The van der Waals surface area contributed by atoms with Crippen LogP contribution in [0.25, 0.3) is 0 Å². The van der Waals surface area contributed by atoms with Gasteiger partial charge in [-0.05, 0) is 48.5 Å². The van der Waals surface area contributed by atoms with E-state index in [1.165, 1.54) is 43.5 Å². The maximum atomic E-state index is 12.1. The van der Waals surface area contributed by atoms with E-state index in [4.69, 9.17) is 0 Å². The van der Waals surface area contributed by atoms with Gasteiger partial charge < -0.3 is 0 Å². The zero-order valence-corrected chi connectivity index (χ0v) is 34.8. The molecule has 0 amide bonds. The Hall–Kier alpha value is -3.02. The van der Waals surface area contributed by atoms with Gasteiger partial charge in [-0.2, -0.15) is 74.2 Å². The summed E-state index contributed by atoms with van der Waals surface area (Å²) in [4.78, 5) is 0. The molecular formula is C43H38F6IP2Rh+2. The van der Waals surface area contributed by atoms with Gasteiger partial charge in [0.1, 0.15) is 0 Å². The third-order valence-corrected chi connectivity index (χ3v) is 14.1. The Morgan fingerprint density at radius 2 is 0.792 bits per heavy atom. The van der Waals surface area contributed by atoms with Crippen molar-refractivity contribution < 1.29 is 41.1 Å². The average Bonchev–Trinajstić information content (AvgIpc) is 3.15. The molecule has 0 aliphatic rings. The molecule has 6 rings (SSSR count). The van der Waals surface area contributed by atoms with Gasteiger partial charge in [0.2, 0.25) is 0 Å². The summed E-state index contributed by atoms with van der Waals surface area (Å²) in [7, 11) is -1.92. The van der Waals surface area contributed by atoms with E-state index in [1.54, 1.807) is 0 Å². The van der Waals surface area contributed by atoms with Crippen molar-refractivity contribution >= 4 is 56.8 Å². The molecule has 0 bridgehead atoms. The van der Waals surface area contributed by atoms with E-state index in [1.807, 2.05) is 19.8 Å². The van der Waals surface area contributed by atoms with E-state index >= 15 is 0 Å². The third-order valence-electron chi connectivity index (χ3n) is 8.53. The van der Waals surface area contributed by atoms with Gasteiger partial charge in [-0.3, -0.25) is 0 Å². The minimum atomic E-state index is -4.80. The van der Waals surface area contributed by atoms with Crippen molar-refractivity contribution in [1.29, 1.82) is 0 Å². The van der Waals surface area contributed by atoms with Crippen LogP contribution in [0.4, 0.5) is 26.3 Å². The second-order valence-electron chi connectivity index (χ2n) is 12.3. The molecular weight excluding hydrogens is 922 g/mol. The molecule has 0 radical (unpaired) electrons. The molecule has 0 N–H and O–H groups in total. The van der Waals surface area contributed by atoms with Gasteiger partial charge in [0.05, 0.1) is 49.4 Å². The van der Waals surface area contributed by atoms with Crippen LogP contribution in [-0.4, -0.2) is 0 Å². The Balaban J connectivity index is 0.000000310. The Labute approximate surface area is 331 Å². The van der Waals surface area contributed by atoms with Gasteiger partial charge in [-0.25, -0.2) is 0 Å². The molecule has 276 valence electrons. The standard InChI is InChI=1S/C34H31P2.C9H5F6.HI.Rh/c1-27-23-28(2)30(26-36(33-19-11-5-12-20-33)34-21-13-6-14-22-34)24-29(27)25-35(31-15-7-3-8-16-31)32-17-9-4-10-18-32;1-5-2-6(8(10,11)12)4-7(3-5)9(13,14)15;;/h3-23H,25-26H2,1-2H3;2-4H,1H2;1H;/q2*-1;;+3/p+1. The molecule has 0 aliphatic carbocycles. The topological polar surface area (TPSA) is 0 Å². The first-order valence-corrected chi connectivity index (χ1v) is 24.8. The summed E-state index contributed by atoms with van der Waals surface area (Å²) in [5.41, 5.74) is 2.46. The van der Waals surface area contributed by atoms with Crippen LogP contribution in [0.5, 0.6) is 0 Å². The van der Waals surface area contributed by atoms with Gasteiger partial charge >= 0.3 is 46.9 Å². The Bertz CT molecular complexity index is 1790. The third kappa shape index (κ3) is 12.5. The fraction of sp³-hybridized carbons (Fsp3) is 0.140. The van der Waals surface area contributed by atoms with Crippen LogP contribution in [0.3, 0.4) is 0 Å². The van der Waals surface area contributed by atoms with E-state index in [0.717, 1.165) is 12.3 Å². The molecule has 10 heteroatoms. The number of benzene rings is 6. The summed E-state index contributed by atoms with van der Waals surface area (Å²) in [6.45, 7) is 7.59. The molecule has 0 nitrogen and oxygen atoms in total. The zero-order chi connectivity index (χ0) is 38.6. The molecule has 0 saturated heterocycles. The quantitative estimate of drug-likeness (QED) is 0.0469. The Kier molecular flexibility index (Phi) is 16.2. The molecule has 0 fully saturated rings. The summed E-state index contributed by atoms with van der Waals surface area (Å²) in [6.07, 6.45) is -7.49. The van der Waals surface area contributed by atoms with Crippen molar-refractivity contribution in [3.8, 4) is 0 Å². The van der Waals surface area contributed by atoms with E-state index in [-0.39, 0.29) is 11.6 Å². The van der Waals surface area contributed by atoms with Gasteiger partial charge in [0.25, 0.3) is 0 Å². The van der Waals surface area contributed by atoms with Gasteiger partial charge in [-0.15, -0.1) is 11.1 Å². The monoisotopic (exact) mass is 960 g/mol. The van der Waals surface area contributed by atoms with Crippen LogP contribution in [0.1, 0.15) is 38.9 Å². The van der Waals surface area contributed by atoms with Crippen LogP contribution in [0, 0.1) is 26.8 Å². The van der Waals surface area contributed by atoms with Gasteiger partial charge in [-0.1, -0.05) is 92.7 Å². The molecule has 6 aromatic carbocycles. The molecule has 0 heterocycles. The van der Waals surface area contributed by atoms with Gasteiger partial charge in [0, 0.05) is 11.1 Å². The molecule has 0 saturated carbocycles. The first-order valence-electron chi connectivity index (χ1n) is 16.5. The van der Waals surface area contributed by atoms with Crippen molar-refractivity contribution in [1.82, 2.24) is 0 Å².